The number of aromatic nitrogens is 1. The summed E-state index contributed by atoms with van der Waals surface area (Å²) < 4.78 is 0. The first-order chi connectivity index (χ1) is 7.09. The minimum absolute atomic E-state index is 0.0360. The molecule has 0 aliphatic carbocycles. The molecule has 1 unspecified atom stereocenters. The summed E-state index contributed by atoms with van der Waals surface area (Å²) in [6.07, 6.45) is 2.29. The van der Waals surface area contributed by atoms with Crippen molar-refractivity contribution in [1.82, 2.24) is 10.3 Å². The third kappa shape index (κ3) is 2.24. The van der Waals surface area contributed by atoms with E-state index >= 15 is 0 Å². The van der Waals surface area contributed by atoms with Crippen molar-refractivity contribution in [2.45, 2.75) is 18.9 Å². The van der Waals surface area contributed by atoms with E-state index in [1.165, 1.54) is 6.20 Å². The number of nitrogens with zero attached hydrogens (tertiary/aromatic N) is 2. The van der Waals surface area contributed by atoms with Gasteiger partial charge in [-0.3, -0.25) is 10.1 Å². The molecule has 1 aromatic heterocycles. The lowest BCUT2D eigenvalue weighted by atomic mass is 10.0. The molecule has 0 saturated carbocycles. The fourth-order valence-corrected chi connectivity index (χ4v) is 2.37. The number of rotatable bonds is 3. The van der Waals surface area contributed by atoms with Gasteiger partial charge in [-0.05, 0) is 31.2 Å². The normalized spacial score (nSPS) is 25.4. The van der Waals surface area contributed by atoms with Gasteiger partial charge < -0.3 is 10.6 Å². The molecule has 15 heavy (non-hydrogen) atoms. The Bertz CT molecular complexity index is 372. The molecule has 1 fully saturated rings. The quantitative estimate of drug-likeness (QED) is 0.600. The molecule has 0 aromatic carbocycles. The monoisotopic (exact) mass is 228 g/mol. The molecule has 0 amide bonds. The van der Waals surface area contributed by atoms with Crippen LogP contribution in [0.4, 0.5) is 10.1 Å². The Labute approximate surface area is 90.9 Å². The summed E-state index contributed by atoms with van der Waals surface area (Å²) in [5, 5.41) is 17.6. The summed E-state index contributed by atoms with van der Waals surface area (Å²) in [6.45, 7) is 3.91. The van der Waals surface area contributed by atoms with Crippen molar-refractivity contribution in [3.8, 4) is 0 Å². The van der Waals surface area contributed by atoms with Crippen LogP contribution in [0.25, 0.3) is 0 Å². The van der Waals surface area contributed by atoms with Gasteiger partial charge in [-0.25, -0.2) is 4.98 Å². The van der Waals surface area contributed by atoms with Gasteiger partial charge in [0.15, 0.2) is 5.13 Å². The maximum absolute atomic E-state index is 10.5. The summed E-state index contributed by atoms with van der Waals surface area (Å²) in [4.78, 5) is 14.0. The number of anilines is 1. The summed E-state index contributed by atoms with van der Waals surface area (Å²) in [6, 6.07) is 0. The maximum atomic E-state index is 10.5. The number of hydrogen-bond donors (Lipinski definition) is 2. The maximum Gasteiger partial charge on any atom is 0.345 e. The van der Waals surface area contributed by atoms with Gasteiger partial charge in [-0.2, -0.15) is 0 Å². The van der Waals surface area contributed by atoms with Gasteiger partial charge in [0.25, 0.3) is 0 Å². The molecule has 6 nitrogen and oxygen atoms in total. The van der Waals surface area contributed by atoms with Crippen molar-refractivity contribution in [2.75, 3.05) is 18.4 Å². The van der Waals surface area contributed by atoms with E-state index in [2.05, 4.69) is 22.5 Å². The number of nitro groups is 1. The smallest absolute Gasteiger partial charge is 0.345 e. The van der Waals surface area contributed by atoms with Crippen LogP contribution in [0.2, 0.25) is 0 Å². The SMILES string of the molecule is CC1(Nc2ncc([N+](=O)[O-])s2)CCNC1. The van der Waals surface area contributed by atoms with E-state index in [9.17, 15) is 10.1 Å². The summed E-state index contributed by atoms with van der Waals surface area (Å²) in [5.41, 5.74) is -0.0360. The molecule has 0 bridgehead atoms. The van der Waals surface area contributed by atoms with Crippen molar-refractivity contribution in [2.24, 2.45) is 0 Å². The average molecular weight is 228 g/mol. The second kappa shape index (κ2) is 3.74. The van der Waals surface area contributed by atoms with Crippen molar-refractivity contribution >= 4 is 21.5 Å². The van der Waals surface area contributed by atoms with E-state index in [1.807, 2.05) is 0 Å². The van der Waals surface area contributed by atoms with Gasteiger partial charge in [0, 0.05) is 6.54 Å². The van der Waals surface area contributed by atoms with E-state index in [1.54, 1.807) is 0 Å². The highest BCUT2D eigenvalue weighted by molar-refractivity contribution is 7.18. The van der Waals surface area contributed by atoms with Crippen molar-refractivity contribution < 1.29 is 4.92 Å². The van der Waals surface area contributed by atoms with Gasteiger partial charge >= 0.3 is 5.00 Å². The number of nitrogens with one attached hydrogen (secondary N) is 2. The van der Waals surface area contributed by atoms with Crippen LogP contribution in [0, 0.1) is 10.1 Å². The Hall–Kier alpha value is -1.21. The molecule has 2 N–H and O–H groups in total. The Morgan fingerprint density at radius 1 is 1.80 bits per heavy atom. The van der Waals surface area contributed by atoms with Crippen LogP contribution in [-0.2, 0) is 0 Å². The van der Waals surface area contributed by atoms with Gasteiger partial charge in [0.05, 0.1) is 10.5 Å². The fraction of sp³-hybridized carbons (Fsp3) is 0.625. The molecule has 2 rings (SSSR count). The van der Waals surface area contributed by atoms with E-state index in [-0.39, 0.29) is 10.5 Å². The fourth-order valence-electron chi connectivity index (χ4n) is 1.59. The molecule has 7 heteroatoms. The van der Waals surface area contributed by atoms with Crippen molar-refractivity contribution in [3.05, 3.63) is 16.3 Å². The van der Waals surface area contributed by atoms with E-state index < -0.39 is 4.92 Å². The van der Waals surface area contributed by atoms with E-state index in [0.717, 1.165) is 30.8 Å². The minimum Gasteiger partial charge on any atom is -0.355 e. The third-order valence-corrected chi connectivity index (χ3v) is 3.32. The Kier molecular flexibility index (Phi) is 2.57. The molecule has 1 atom stereocenters. The van der Waals surface area contributed by atoms with E-state index in [0.29, 0.717) is 5.13 Å². The Balaban J connectivity index is 2.07. The zero-order chi connectivity index (χ0) is 10.9. The van der Waals surface area contributed by atoms with Gasteiger partial charge in [0.1, 0.15) is 6.20 Å². The van der Waals surface area contributed by atoms with Crippen LogP contribution in [0.5, 0.6) is 0 Å². The molecule has 2 heterocycles. The molecule has 0 radical (unpaired) electrons. The zero-order valence-corrected chi connectivity index (χ0v) is 9.13. The second-order valence-electron chi connectivity index (χ2n) is 3.87. The summed E-state index contributed by atoms with van der Waals surface area (Å²) in [5.74, 6) is 0. The lowest BCUT2D eigenvalue weighted by Crippen LogP contribution is -2.36. The Morgan fingerprint density at radius 2 is 2.60 bits per heavy atom. The van der Waals surface area contributed by atoms with Crippen LogP contribution >= 0.6 is 11.3 Å². The molecule has 82 valence electrons. The van der Waals surface area contributed by atoms with E-state index in [4.69, 9.17) is 0 Å². The van der Waals surface area contributed by atoms with Crippen LogP contribution in [-0.4, -0.2) is 28.5 Å². The Morgan fingerprint density at radius 3 is 3.13 bits per heavy atom. The first-order valence-electron chi connectivity index (χ1n) is 4.68. The van der Waals surface area contributed by atoms with Crippen molar-refractivity contribution in [1.29, 1.82) is 0 Å². The van der Waals surface area contributed by atoms with Crippen LogP contribution < -0.4 is 10.6 Å². The predicted octanol–water partition coefficient (Wildman–Crippen LogP) is 1.22. The topological polar surface area (TPSA) is 80.1 Å². The number of hydrogen-bond acceptors (Lipinski definition) is 6. The first-order valence-corrected chi connectivity index (χ1v) is 5.50. The third-order valence-electron chi connectivity index (χ3n) is 2.45. The molecular weight excluding hydrogens is 216 g/mol. The molecule has 1 aliphatic heterocycles. The van der Waals surface area contributed by atoms with Crippen LogP contribution in [0.3, 0.4) is 0 Å². The average Bonchev–Trinajstić information content (AvgIpc) is 2.75. The lowest BCUT2D eigenvalue weighted by Gasteiger charge is -2.23. The molecular formula is C8H12N4O2S. The number of thiazole rings is 1. The van der Waals surface area contributed by atoms with Gasteiger partial charge in [-0.15, -0.1) is 0 Å². The highest BCUT2D eigenvalue weighted by Crippen LogP contribution is 2.28. The van der Waals surface area contributed by atoms with Gasteiger partial charge in [-0.1, -0.05) is 0 Å². The largest absolute Gasteiger partial charge is 0.355 e. The standard InChI is InChI=1S/C8H12N4O2S/c1-8(2-3-9-5-8)11-7-10-4-6(15-7)12(13)14/h4,9H,2-3,5H2,1H3,(H,10,11). The molecule has 1 saturated heterocycles. The zero-order valence-electron chi connectivity index (χ0n) is 8.32. The predicted molar refractivity (Wildman–Crippen MR) is 58.3 cm³/mol. The van der Waals surface area contributed by atoms with Crippen LogP contribution in [0.15, 0.2) is 6.20 Å². The first kappa shape index (κ1) is 10.3. The van der Waals surface area contributed by atoms with Crippen LogP contribution in [0.1, 0.15) is 13.3 Å². The van der Waals surface area contributed by atoms with Gasteiger partial charge in [0.2, 0.25) is 0 Å². The molecule has 1 aliphatic rings. The minimum atomic E-state index is -0.419. The lowest BCUT2D eigenvalue weighted by molar-refractivity contribution is -0.380. The highest BCUT2D eigenvalue weighted by atomic mass is 32.1. The molecule has 0 spiro atoms. The molecule has 1 aromatic rings. The highest BCUT2D eigenvalue weighted by Gasteiger charge is 2.29. The van der Waals surface area contributed by atoms with Crippen molar-refractivity contribution in [3.63, 3.8) is 0 Å². The summed E-state index contributed by atoms with van der Waals surface area (Å²) >= 11 is 1.08. The summed E-state index contributed by atoms with van der Waals surface area (Å²) in [7, 11) is 0. The second-order valence-corrected chi connectivity index (χ2v) is 4.88.